The van der Waals surface area contributed by atoms with Crippen molar-refractivity contribution in [1.82, 2.24) is 14.8 Å². The van der Waals surface area contributed by atoms with Crippen LogP contribution in [0.3, 0.4) is 0 Å². The quantitative estimate of drug-likeness (QED) is 0.802. The van der Waals surface area contributed by atoms with E-state index in [9.17, 15) is 13.2 Å². The van der Waals surface area contributed by atoms with Crippen LogP contribution in [0.2, 0.25) is 0 Å². The summed E-state index contributed by atoms with van der Waals surface area (Å²) in [5.74, 6) is 0.880. The average Bonchev–Trinajstić information content (AvgIpc) is 3.41. The van der Waals surface area contributed by atoms with E-state index in [4.69, 9.17) is 0 Å². The minimum absolute atomic E-state index is 0.0681. The summed E-state index contributed by atoms with van der Waals surface area (Å²) in [6.45, 7) is 2.30. The maximum atomic E-state index is 13.4. The predicted molar refractivity (Wildman–Crippen MR) is 103 cm³/mol. The van der Waals surface area contributed by atoms with E-state index in [0.717, 1.165) is 24.0 Å². The first kappa shape index (κ1) is 17.1. The van der Waals surface area contributed by atoms with Crippen LogP contribution in [0.1, 0.15) is 23.2 Å². The molecule has 2 unspecified atom stereocenters. The van der Waals surface area contributed by atoms with Crippen molar-refractivity contribution in [3.8, 4) is 0 Å². The Morgan fingerprint density at radius 3 is 2.70 bits per heavy atom. The number of nitrogens with zero attached hydrogens (tertiary/aromatic N) is 3. The van der Waals surface area contributed by atoms with Gasteiger partial charge in [-0.05, 0) is 37.0 Å². The second kappa shape index (κ2) is 6.27. The molecule has 3 aliphatic rings. The first-order chi connectivity index (χ1) is 13.0. The molecule has 1 aromatic carbocycles. The highest BCUT2D eigenvalue weighted by Gasteiger charge is 2.48. The Hall–Kier alpha value is -1.99. The van der Waals surface area contributed by atoms with Crippen LogP contribution in [0.4, 0.5) is 0 Å². The topological polar surface area (TPSA) is 70.6 Å². The van der Waals surface area contributed by atoms with E-state index in [0.29, 0.717) is 18.0 Å². The van der Waals surface area contributed by atoms with Gasteiger partial charge in [-0.3, -0.25) is 14.7 Å². The summed E-state index contributed by atoms with van der Waals surface area (Å²) in [6, 6.07) is 8.97. The van der Waals surface area contributed by atoms with Crippen LogP contribution >= 0.6 is 0 Å². The number of hydrogen-bond donors (Lipinski definition) is 0. The molecule has 1 saturated carbocycles. The molecular formula is C20H23N3O3S. The number of hydrogen-bond acceptors (Lipinski definition) is 5. The Labute approximate surface area is 159 Å². The number of sulfone groups is 1. The molecule has 2 aromatic rings. The second-order valence-corrected chi connectivity index (χ2v) is 10.2. The van der Waals surface area contributed by atoms with Crippen molar-refractivity contribution >= 4 is 26.6 Å². The van der Waals surface area contributed by atoms with Gasteiger partial charge in [-0.2, -0.15) is 0 Å². The van der Waals surface area contributed by atoms with Gasteiger partial charge in [0.15, 0.2) is 9.84 Å². The van der Waals surface area contributed by atoms with Gasteiger partial charge in [0.1, 0.15) is 0 Å². The maximum Gasteiger partial charge on any atom is 0.254 e. The molecule has 7 heteroatoms. The number of piperazine rings is 1. The molecule has 3 fully saturated rings. The number of aromatic nitrogens is 1. The van der Waals surface area contributed by atoms with E-state index >= 15 is 0 Å². The van der Waals surface area contributed by atoms with Crippen molar-refractivity contribution in [2.24, 2.45) is 5.92 Å². The lowest BCUT2D eigenvalue weighted by Gasteiger charge is -2.44. The fraction of sp³-hybridized carbons (Fsp3) is 0.500. The molecule has 6 nitrogen and oxygen atoms in total. The summed E-state index contributed by atoms with van der Waals surface area (Å²) >= 11 is 0. The zero-order chi connectivity index (χ0) is 18.6. The van der Waals surface area contributed by atoms with Gasteiger partial charge in [-0.1, -0.05) is 12.1 Å². The van der Waals surface area contributed by atoms with Crippen LogP contribution < -0.4 is 0 Å². The van der Waals surface area contributed by atoms with Crippen LogP contribution in [-0.2, 0) is 9.84 Å². The summed E-state index contributed by atoms with van der Waals surface area (Å²) in [7, 11) is -3.12. The first-order valence-electron chi connectivity index (χ1n) is 9.61. The monoisotopic (exact) mass is 385 g/mol. The smallest absolute Gasteiger partial charge is 0.254 e. The van der Waals surface area contributed by atoms with Gasteiger partial charge in [0.25, 0.3) is 5.91 Å². The van der Waals surface area contributed by atoms with Crippen molar-refractivity contribution in [2.45, 2.75) is 24.9 Å². The number of pyridine rings is 1. The molecule has 1 amide bonds. The van der Waals surface area contributed by atoms with Gasteiger partial charge in [0, 0.05) is 42.8 Å². The zero-order valence-electron chi connectivity index (χ0n) is 15.1. The summed E-state index contributed by atoms with van der Waals surface area (Å²) in [4.78, 5) is 21.9. The molecule has 27 heavy (non-hydrogen) atoms. The summed E-state index contributed by atoms with van der Waals surface area (Å²) < 4.78 is 24.8. The van der Waals surface area contributed by atoms with Crippen molar-refractivity contribution < 1.29 is 13.2 Å². The maximum absolute atomic E-state index is 13.4. The third kappa shape index (κ3) is 3.12. The van der Waals surface area contributed by atoms with E-state index in [1.165, 1.54) is 12.8 Å². The summed E-state index contributed by atoms with van der Waals surface area (Å²) in [6.07, 6.45) is 4.20. The van der Waals surface area contributed by atoms with E-state index in [2.05, 4.69) is 9.88 Å². The lowest BCUT2D eigenvalue weighted by molar-refractivity contribution is 0.0319. The zero-order valence-corrected chi connectivity index (χ0v) is 15.9. The lowest BCUT2D eigenvalue weighted by atomic mass is 10.0. The number of amides is 1. The third-order valence-corrected chi connectivity index (χ3v) is 7.82. The Balaban J connectivity index is 1.48. The highest BCUT2D eigenvalue weighted by Crippen LogP contribution is 2.35. The van der Waals surface area contributed by atoms with Crippen molar-refractivity contribution in [3.05, 3.63) is 42.1 Å². The Bertz CT molecular complexity index is 997. The molecule has 1 aromatic heterocycles. The average molecular weight is 385 g/mol. The molecule has 2 aliphatic heterocycles. The molecule has 2 saturated heterocycles. The van der Waals surface area contributed by atoms with Gasteiger partial charge in [0.2, 0.25) is 0 Å². The summed E-state index contributed by atoms with van der Waals surface area (Å²) in [5.41, 5.74) is 1.39. The Morgan fingerprint density at radius 1 is 1.07 bits per heavy atom. The van der Waals surface area contributed by atoms with Crippen LogP contribution in [0.15, 0.2) is 36.5 Å². The minimum Gasteiger partial charge on any atom is -0.332 e. The minimum atomic E-state index is -3.12. The van der Waals surface area contributed by atoms with Gasteiger partial charge in [-0.15, -0.1) is 0 Å². The molecule has 0 bridgehead atoms. The molecule has 0 N–H and O–H groups in total. The molecule has 5 rings (SSSR count). The number of carbonyl (C=O) groups is 1. The predicted octanol–water partition coefficient (Wildman–Crippen LogP) is 1.57. The molecule has 142 valence electrons. The molecule has 0 radical (unpaired) electrons. The third-order valence-electron chi connectivity index (χ3n) is 6.12. The molecule has 3 heterocycles. The van der Waals surface area contributed by atoms with Crippen LogP contribution in [-0.4, -0.2) is 72.3 Å². The van der Waals surface area contributed by atoms with Crippen molar-refractivity contribution in [2.75, 3.05) is 31.1 Å². The van der Waals surface area contributed by atoms with Crippen molar-refractivity contribution in [1.29, 1.82) is 0 Å². The Morgan fingerprint density at radius 2 is 1.89 bits per heavy atom. The molecule has 0 spiro atoms. The van der Waals surface area contributed by atoms with Crippen LogP contribution in [0, 0.1) is 5.92 Å². The van der Waals surface area contributed by atoms with E-state index < -0.39 is 9.84 Å². The largest absolute Gasteiger partial charge is 0.332 e. The van der Waals surface area contributed by atoms with E-state index in [-0.39, 0.29) is 29.5 Å². The number of rotatable bonds is 3. The van der Waals surface area contributed by atoms with Gasteiger partial charge >= 0.3 is 0 Å². The summed E-state index contributed by atoms with van der Waals surface area (Å²) in [5, 5.41) is 0.822. The van der Waals surface area contributed by atoms with Crippen LogP contribution in [0.25, 0.3) is 10.9 Å². The number of carbonyl (C=O) groups excluding carboxylic acids is 1. The number of fused-ring (bicyclic) bond motifs is 2. The van der Waals surface area contributed by atoms with E-state index in [1.54, 1.807) is 11.1 Å². The Kier molecular flexibility index (Phi) is 3.98. The molecule has 2 atom stereocenters. The molecule has 1 aliphatic carbocycles. The lowest BCUT2D eigenvalue weighted by Crippen LogP contribution is -2.60. The fourth-order valence-electron chi connectivity index (χ4n) is 4.58. The standard InChI is InChI=1S/C20H23N3O3S/c24-20(16-3-1-5-17-15(16)4-2-8-21-17)23-10-9-22(11-14-6-7-14)18-12-27(25,26)13-19(18)23/h1-5,8,14,18-19H,6-7,9-13H2. The first-order valence-corrected chi connectivity index (χ1v) is 11.4. The number of benzene rings is 1. The van der Waals surface area contributed by atoms with Gasteiger partial charge in [-0.25, -0.2) is 8.42 Å². The molecular weight excluding hydrogens is 362 g/mol. The van der Waals surface area contributed by atoms with Crippen LogP contribution in [0.5, 0.6) is 0 Å². The normalized spacial score (nSPS) is 27.6. The highest BCUT2D eigenvalue weighted by atomic mass is 32.2. The van der Waals surface area contributed by atoms with E-state index in [1.807, 2.05) is 30.3 Å². The van der Waals surface area contributed by atoms with Gasteiger partial charge < -0.3 is 4.90 Å². The van der Waals surface area contributed by atoms with Crippen molar-refractivity contribution in [3.63, 3.8) is 0 Å². The highest BCUT2D eigenvalue weighted by molar-refractivity contribution is 7.91. The second-order valence-electron chi connectivity index (χ2n) is 8.02. The van der Waals surface area contributed by atoms with Gasteiger partial charge in [0.05, 0.1) is 23.1 Å². The fourth-order valence-corrected chi connectivity index (χ4v) is 6.59. The SMILES string of the molecule is O=C(c1cccc2ncccc12)N1CCN(CC2CC2)C2CS(=O)(=O)CC21.